The molecule has 9 heteroatoms. The molecule has 0 aliphatic carbocycles. The summed E-state index contributed by atoms with van der Waals surface area (Å²) in [5.74, 6) is -0.794. The molecule has 3 aromatic carbocycles. The van der Waals surface area contributed by atoms with E-state index >= 15 is 0 Å². The number of nitrogens with zero attached hydrogens (tertiary/aromatic N) is 2. The Morgan fingerprint density at radius 2 is 1.40 bits per heavy atom. The summed E-state index contributed by atoms with van der Waals surface area (Å²) < 4.78 is 28.8. The maximum Gasteiger partial charge on any atom is 0.264 e. The van der Waals surface area contributed by atoms with Crippen LogP contribution in [0.3, 0.4) is 0 Å². The van der Waals surface area contributed by atoms with Crippen LogP contribution in [0.2, 0.25) is 5.02 Å². The van der Waals surface area contributed by atoms with E-state index < -0.39 is 34.1 Å². The van der Waals surface area contributed by atoms with E-state index in [0.29, 0.717) is 17.1 Å². The van der Waals surface area contributed by atoms with Crippen LogP contribution in [0.4, 0.5) is 5.69 Å². The highest BCUT2D eigenvalue weighted by atomic mass is 35.5. The molecule has 0 heterocycles. The zero-order valence-electron chi connectivity index (χ0n) is 23.9. The van der Waals surface area contributed by atoms with E-state index in [4.69, 9.17) is 11.6 Å². The zero-order valence-corrected chi connectivity index (χ0v) is 25.5. The van der Waals surface area contributed by atoms with Gasteiger partial charge in [-0.15, -0.1) is 0 Å². The van der Waals surface area contributed by atoms with Crippen molar-refractivity contribution in [1.82, 2.24) is 10.2 Å². The number of nitrogens with one attached hydrogen (secondary N) is 1. The highest BCUT2D eigenvalue weighted by Gasteiger charge is 2.34. The summed E-state index contributed by atoms with van der Waals surface area (Å²) in [6, 6.07) is 19.6. The first-order valence-corrected chi connectivity index (χ1v) is 15.0. The lowest BCUT2D eigenvalue weighted by atomic mass is 10.1. The predicted molar refractivity (Wildman–Crippen MR) is 161 cm³/mol. The summed E-state index contributed by atoms with van der Waals surface area (Å²) >= 11 is 6.08. The van der Waals surface area contributed by atoms with Gasteiger partial charge in [-0.1, -0.05) is 66.0 Å². The number of benzene rings is 3. The molecule has 0 aliphatic heterocycles. The summed E-state index contributed by atoms with van der Waals surface area (Å²) in [4.78, 5) is 29.0. The van der Waals surface area contributed by atoms with Crippen molar-refractivity contribution in [3.05, 3.63) is 94.5 Å². The molecule has 0 aliphatic rings. The van der Waals surface area contributed by atoms with Gasteiger partial charge >= 0.3 is 0 Å². The third-order valence-electron chi connectivity index (χ3n) is 6.36. The molecule has 3 aromatic rings. The molecule has 0 fully saturated rings. The number of amides is 2. The number of hydrogen-bond acceptors (Lipinski definition) is 4. The van der Waals surface area contributed by atoms with Gasteiger partial charge in [0.15, 0.2) is 0 Å². The first-order chi connectivity index (χ1) is 18.7. The molecule has 0 saturated carbocycles. The Labute approximate surface area is 243 Å². The first kappa shape index (κ1) is 31.2. The molecule has 40 heavy (non-hydrogen) atoms. The summed E-state index contributed by atoms with van der Waals surface area (Å²) in [6.07, 6.45) is 0.352. The molecule has 1 N–H and O–H groups in total. The Balaban J connectivity index is 2.06. The highest BCUT2D eigenvalue weighted by molar-refractivity contribution is 7.92. The fourth-order valence-electron chi connectivity index (χ4n) is 4.24. The van der Waals surface area contributed by atoms with Crippen molar-refractivity contribution in [3.8, 4) is 0 Å². The van der Waals surface area contributed by atoms with Crippen LogP contribution in [0.15, 0.2) is 77.7 Å². The molecule has 3 rings (SSSR count). The second kappa shape index (κ2) is 12.9. The molecule has 0 unspecified atom stereocenters. The SMILES string of the molecule is CC[C@H](C(=O)NC(C)(C)C)N(Cc1ccc(C)cc1)C(=O)CN(c1ccc(Cl)cc1)S(=O)(=O)c1ccc(C)cc1. The van der Waals surface area contributed by atoms with Crippen LogP contribution in [-0.2, 0) is 26.2 Å². The van der Waals surface area contributed by atoms with Crippen molar-refractivity contribution in [2.45, 2.75) is 71.0 Å². The molecule has 0 aromatic heterocycles. The number of sulfonamides is 1. The molecule has 7 nitrogen and oxygen atoms in total. The summed E-state index contributed by atoms with van der Waals surface area (Å²) in [5.41, 5.74) is 2.60. The summed E-state index contributed by atoms with van der Waals surface area (Å²) in [6.45, 7) is 11.0. The highest BCUT2D eigenvalue weighted by Crippen LogP contribution is 2.26. The molecule has 1 atom stereocenters. The maximum atomic E-state index is 14.1. The van der Waals surface area contributed by atoms with Crippen LogP contribution in [-0.4, -0.2) is 43.3 Å². The topological polar surface area (TPSA) is 86.8 Å². The third kappa shape index (κ3) is 8.08. The fraction of sp³-hybridized carbons (Fsp3) is 0.355. The van der Waals surface area contributed by atoms with E-state index in [1.807, 2.05) is 65.8 Å². The van der Waals surface area contributed by atoms with Crippen molar-refractivity contribution >= 4 is 39.1 Å². The quantitative estimate of drug-likeness (QED) is 0.323. The molecular weight excluding hydrogens is 546 g/mol. The van der Waals surface area contributed by atoms with Crippen LogP contribution in [0, 0.1) is 13.8 Å². The van der Waals surface area contributed by atoms with Crippen LogP contribution >= 0.6 is 11.6 Å². The largest absolute Gasteiger partial charge is 0.350 e. The van der Waals surface area contributed by atoms with Gasteiger partial charge in [-0.3, -0.25) is 13.9 Å². The Morgan fingerprint density at radius 1 is 0.875 bits per heavy atom. The molecule has 0 saturated heterocycles. The number of anilines is 1. The maximum absolute atomic E-state index is 14.1. The van der Waals surface area contributed by atoms with Crippen LogP contribution < -0.4 is 9.62 Å². The first-order valence-electron chi connectivity index (χ1n) is 13.2. The molecule has 214 valence electrons. The molecule has 0 radical (unpaired) electrons. The normalized spacial score (nSPS) is 12.5. The number of aryl methyl sites for hydroxylation is 2. The molecule has 2 amide bonds. The fourth-order valence-corrected chi connectivity index (χ4v) is 5.78. The van der Waals surface area contributed by atoms with E-state index in [2.05, 4.69) is 5.32 Å². The summed E-state index contributed by atoms with van der Waals surface area (Å²) in [5, 5.41) is 3.41. The minimum absolute atomic E-state index is 0.0588. The van der Waals surface area contributed by atoms with E-state index in [0.717, 1.165) is 21.0 Å². The number of carbonyl (C=O) groups is 2. The lowest BCUT2D eigenvalue weighted by molar-refractivity contribution is -0.141. The molecule has 0 bridgehead atoms. The number of rotatable bonds is 10. The monoisotopic (exact) mass is 583 g/mol. The van der Waals surface area contributed by atoms with Gasteiger partial charge in [0.05, 0.1) is 10.6 Å². The molecule has 0 spiro atoms. The van der Waals surface area contributed by atoms with Gasteiger partial charge in [0, 0.05) is 17.1 Å². The average Bonchev–Trinajstić information content (AvgIpc) is 2.88. The van der Waals surface area contributed by atoms with Gasteiger partial charge in [-0.2, -0.15) is 0 Å². The Bertz CT molecular complexity index is 1420. The Hall–Kier alpha value is -3.36. The van der Waals surface area contributed by atoms with Gasteiger partial charge in [0.25, 0.3) is 10.0 Å². The standard InChI is InChI=1S/C31H38ClN3O4S/c1-7-28(30(37)33-31(4,5)6)34(20-24-12-8-22(2)9-13-24)29(36)21-35(26-16-14-25(32)15-17-26)40(38,39)27-18-10-23(3)11-19-27/h8-19,28H,7,20-21H2,1-6H3,(H,33,37)/t28-/m1/s1. The Kier molecular flexibility index (Phi) is 10.0. The van der Waals surface area contributed by atoms with Gasteiger partial charge in [0.1, 0.15) is 12.6 Å². The van der Waals surface area contributed by atoms with Crippen molar-refractivity contribution in [3.63, 3.8) is 0 Å². The Morgan fingerprint density at radius 3 is 1.90 bits per heavy atom. The van der Waals surface area contributed by atoms with E-state index in [-0.39, 0.29) is 17.3 Å². The van der Waals surface area contributed by atoms with Crippen molar-refractivity contribution in [1.29, 1.82) is 0 Å². The second-order valence-corrected chi connectivity index (χ2v) is 13.3. The lowest BCUT2D eigenvalue weighted by Crippen LogP contribution is -2.55. The second-order valence-electron chi connectivity index (χ2n) is 11.0. The van der Waals surface area contributed by atoms with Gasteiger partial charge in [-0.25, -0.2) is 8.42 Å². The number of halogens is 1. The minimum atomic E-state index is -4.13. The van der Waals surface area contributed by atoms with Crippen molar-refractivity contribution < 1.29 is 18.0 Å². The van der Waals surface area contributed by atoms with Crippen LogP contribution in [0.1, 0.15) is 50.8 Å². The van der Waals surface area contributed by atoms with Crippen molar-refractivity contribution in [2.75, 3.05) is 10.8 Å². The minimum Gasteiger partial charge on any atom is -0.350 e. The van der Waals surface area contributed by atoms with Gasteiger partial charge in [0.2, 0.25) is 11.8 Å². The van der Waals surface area contributed by atoms with E-state index in [1.165, 1.54) is 17.0 Å². The smallest absolute Gasteiger partial charge is 0.264 e. The molecular formula is C31H38ClN3O4S. The number of carbonyl (C=O) groups excluding carboxylic acids is 2. The van der Waals surface area contributed by atoms with E-state index in [1.54, 1.807) is 36.4 Å². The third-order valence-corrected chi connectivity index (χ3v) is 8.40. The van der Waals surface area contributed by atoms with Gasteiger partial charge in [-0.05, 0) is 83.0 Å². The van der Waals surface area contributed by atoms with Gasteiger partial charge < -0.3 is 10.2 Å². The zero-order chi connectivity index (χ0) is 29.7. The van der Waals surface area contributed by atoms with Crippen LogP contribution in [0.5, 0.6) is 0 Å². The number of hydrogen-bond donors (Lipinski definition) is 1. The predicted octanol–water partition coefficient (Wildman–Crippen LogP) is 5.87. The summed E-state index contributed by atoms with van der Waals surface area (Å²) in [7, 11) is -4.13. The average molecular weight is 584 g/mol. The van der Waals surface area contributed by atoms with Crippen LogP contribution in [0.25, 0.3) is 0 Å². The van der Waals surface area contributed by atoms with Crippen molar-refractivity contribution in [2.24, 2.45) is 0 Å². The van der Waals surface area contributed by atoms with E-state index in [9.17, 15) is 18.0 Å². The lowest BCUT2D eigenvalue weighted by Gasteiger charge is -2.34.